The standard InChI is InChI=1S/C21H17N7O/c1-2-6-11(7-3-1)20-22-21(29-26-20)12-8-4-5-9-15(12)28-19-14-10-13(18(19)25-27-28)16-17(14)24-23-16/h1-9,13-14,16-19H,10H2/t13-,14+,16+,17-,18-,19+/m0/s1. The molecule has 0 radical (unpaired) electrons. The number of nitrogens with zero attached hydrogens (tertiary/aromatic N) is 7. The molecule has 2 saturated carbocycles. The number of hydrogen-bond donors (Lipinski definition) is 0. The zero-order valence-electron chi connectivity index (χ0n) is 15.4. The van der Waals surface area contributed by atoms with Gasteiger partial charge in [-0.15, -0.1) is 0 Å². The maximum atomic E-state index is 5.63. The van der Waals surface area contributed by atoms with Crippen LogP contribution in [0, 0.1) is 11.8 Å². The van der Waals surface area contributed by atoms with Crippen LogP contribution in [0.1, 0.15) is 6.42 Å². The van der Waals surface area contributed by atoms with Crippen molar-refractivity contribution in [2.24, 2.45) is 32.4 Å². The van der Waals surface area contributed by atoms with Crippen molar-refractivity contribution in [3.8, 4) is 22.8 Å². The molecule has 0 saturated heterocycles. The van der Waals surface area contributed by atoms with E-state index < -0.39 is 0 Å². The maximum absolute atomic E-state index is 5.63. The Morgan fingerprint density at radius 1 is 0.828 bits per heavy atom. The Labute approximate surface area is 166 Å². The normalized spacial score (nSPS) is 33.0. The summed E-state index contributed by atoms with van der Waals surface area (Å²) in [5.41, 5.74) is 2.75. The molecule has 2 fully saturated rings. The van der Waals surface area contributed by atoms with E-state index in [1.165, 1.54) is 0 Å². The van der Waals surface area contributed by atoms with Crippen molar-refractivity contribution in [3.63, 3.8) is 0 Å². The van der Waals surface area contributed by atoms with Gasteiger partial charge >= 0.3 is 0 Å². The highest BCUT2D eigenvalue weighted by Gasteiger charge is 2.65. The number of para-hydroxylation sites is 1. The number of aromatic nitrogens is 2. The van der Waals surface area contributed by atoms with Gasteiger partial charge in [-0.25, -0.2) is 5.01 Å². The lowest BCUT2D eigenvalue weighted by Crippen LogP contribution is -2.52. The third-order valence-electron chi connectivity index (χ3n) is 6.74. The summed E-state index contributed by atoms with van der Waals surface area (Å²) < 4.78 is 5.63. The van der Waals surface area contributed by atoms with Crippen LogP contribution in [0.25, 0.3) is 22.8 Å². The minimum atomic E-state index is 0.205. The first-order chi connectivity index (χ1) is 14.4. The second-order valence-corrected chi connectivity index (χ2v) is 8.11. The Balaban J connectivity index is 1.27. The molecule has 2 aromatic carbocycles. The van der Waals surface area contributed by atoms with E-state index in [1.807, 2.05) is 48.5 Å². The lowest BCUT2D eigenvalue weighted by molar-refractivity contribution is 0.242. The first-order valence-corrected chi connectivity index (χ1v) is 9.97. The zero-order chi connectivity index (χ0) is 18.9. The Bertz CT molecular complexity index is 1160. The quantitative estimate of drug-likeness (QED) is 0.678. The van der Waals surface area contributed by atoms with E-state index in [2.05, 4.69) is 41.8 Å². The molecular weight excluding hydrogens is 366 g/mol. The molecule has 8 nitrogen and oxygen atoms in total. The number of anilines is 1. The van der Waals surface area contributed by atoms with Gasteiger partial charge in [-0.05, 0) is 18.6 Å². The van der Waals surface area contributed by atoms with Crippen molar-refractivity contribution in [2.75, 3.05) is 5.01 Å². The summed E-state index contributed by atoms with van der Waals surface area (Å²) in [5.74, 6) is 2.00. The molecule has 6 atom stereocenters. The number of hydrogen-bond acceptors (Lipinski definition) is 8. The molecule has 3 heterocycles. The minimum absolute atomic E-state index is 0.205. The molecular formula is C21H17N7O. The van der Waals surface area contributed by atoms with E-state index in [-0.39, 0.29) is 12.1 Å². The smallest absolute Gasteiger partial charge is 0.260 e. The van der Waals surface area contributed by atoms with Gasteiger partial charge in [-0.3, -0.25) is 0 Å². The molecule has 142 valence electrons. The van der Waals surface area contributed by atoms with Crippen molar-refractivity contribution in [1.82, 2.24) is 10.1 Å². The van der Waals surface area contributed by atoms with Gasteiger partial charge in [0, 0.05) is 17.4 Å². The van der Waals surface area contributed by atoms with Gasteiger partial charge in [-0.2, -0.15) is 20.3 Å². The molecule has 8 heteroatoms. The molecule has 2 aliphatic heterocycles. The summed E-state index contributed by atoms with van der Waals surface area (Å²) in [7, 11) is 0. The number of rotatable bonds is 3. The monoisotopic (exact) mass is 383 g/mol. The van der Waals surface area contributed by atoms with E-state index in [0.717, 1.165) is 23.2 Å². The zero-order valence-corrected chi connectivity index (χ0v) is 15.4. The van der Waals surface area contributed by atoms with Crippen molar-refractivity contribution in [1.29, 1.82) is 0 Å². The van der Waals surface area contributed by atoms with Crippen molar-refractivity contribution in [3.05, 3.63) is 54.6 Å². The van der Waals surface area contributed by atoms with Crippen molar-refractivity contribution in [2.45, 2.75) is 30.6 Å². The largest absolute Gasteiger partial charge is 0.334 e. The van der Waals surface area contributed by atoms with Crippen LogP contribution in [0.3, 0.4) is 0 Å². The Morgan fingerprint density at radius 3 is 2.48 bits per heavy atom. The second-order valence-electron chi connectivity index (χ2n) is 8.11. The summed E-state index contributed by atoms with van der Waals surface area (Å²) in [4.78, 5) is 4.64. The Morgan fingerprint density at radius 2 is 1.62 bits per heavy atom. The second kappa shape index (κ2) is 5.56. The van der Waals surface area contributed by atoms with Crippen LogP contribution in [0.4, 0.5) is 5.69 Å². The number of fused-ring (bicyclic) bond motifs is 8. The van der Waals surface area contributed by atoms with Gasteiger partial charge in [0.15, 0.2) is 0 Å². The SMILES string of the molecule is c1ccc(-c2noc(-c3ccccc3N3N=N[C@H]4[C@H]5C[C@H]([C@@H]6N=N[C@H]56)[C@H]43)n2)cc1. The third kappa shape index (κ3) is 2.03. The predicted molar refractivity (Wildman–Crippen MR) is 104 cm³/mol. The van der Waals surface area contributed by atoms with E-state index in [0.29, 0.717) is 35.6 Å². The molecule has 29 heavy (non-hydrogen) atoms. The van der Waals surface area contributed by atoms with Crippen LogP contribution in [-0.4, -0.2) is 34.3 Å². The molecule has 2 aliphatic carbocycles. The van der Waals surface area contributed by atoms with E-state index >= 15 is 0 Å². The first-order valence-electron chi connectivity index (χ1n) is 9.97. The highest BCUT2D eigenvalue weighted by atomic mass is 16.5. The van der Waals surface area contributed by atoms with Crippen LogP contribution >= 0.6 is 0 Å². The molecule has 0 unspecified atom stereocenters. The highest BCUT2D eigenvalue weighted by Crippen LogP contribution is 2.57. The molecule has 4 aliphatic rings. The molecule has 3 aromatic rings. The lowest BCUT2D eigenvalue weighted by atomic mass is 9.82. The topological polar surface area (TPSA) is 91.6 Å². The van der Waals surface area contributed by atoms with Gasteiger partial charge in [0.25, 0.3) is 5.89 Å². The van der Waals surface area contributed by atoms with Crippen LogP contribution in [0.2, 0.25) is 0 Å². The van der Waals surface area contributed by atoms with Gasteiger partial charge in [0.05, 0.1) is 17.3 Å². The Hall–Kier alpha value is -3.42. The van der Waals surface area contributed by atoms with Gasteiger partial charge in [0.2, 0.25) is 5.82 Å². The summed E-state index contributed by atoms with van der Waals surface area (Å²) >= 11 is 0. The number of benzene rings is 2. The molecule has 1 aromatic heterocycles. The van der Waals surface area contributed by atoms with Crippen molar-refractivity contribution >= 4 is 5.69 Å². The summed E-state index contributed by atoms with van der Waals surface area (Å²) in [6.07, 6.45) is 1.13. The van der Waals surface area contributed by atoms with Crippen LogP contribution in [-0.2, 0) is 0 Å². The summed E-state index contributed by atoms with van der Waals surface area (Å²) in [6.45, 7) is 0. The van der Waals surface area contributed by atoms with Gasteiger partial charge in [0.1, 0.15) is 18.1 Å². The van der Waals surface area contributed by atoms with E-state index in [4.69, 9.17) is 4.52 Å². The van der Waals surface area contributed by atoms with E-state index in [1.54, 1.807) is 0 Å². The summed E-state index contributed by atoms with van der Waals surface area (Å²) in [5, 5.41) is 24.2. The fourth-order valence-corrected chi connectivity index (χ4v) is 5.44. The molecule has 0 N–H and O–H groups in total. The first kappa shape index (κ1) is 15.5. The summed E-state index contributed by atoms with van der Waals surface area (Å²) in [6, 6.07) is 19.0. The maximum Gasteiger partial charge on any atom is 0.260 e. The molecule has 0 spiro atoms. The average Bonchev–Trinajstić information content (AvgIpc) is 3.49. The van der Waals surface area contributed by atoms with Crippen LogP contribution < -0.4 is 5.01 Å². The highest BCUT2D eigenvalue weighted by molar-refractivity contribution is 5.75. The fraction of sp³-hybridized carbons (Fsp3) is 0.333. The van der Waals surface area contributed by atoms with Crippen LogP contribution in [0.15, 0.2) is 79.7 Å². The predicted octanol–water partition coefficient (Wildman–Crippen LogP) is 4.18. The molecule has 7 rings (SSSR count). The van der Waals surface area contributed by atoms with Crippen molar-refractivity contribution < 1.29 is 4.52 Å². The molecule has 2 bridgehead atoms. The fourth-order valence-electron chi connectivity index (χ4n) is 5.44. The van der Waals surface area contributed by atoms with Gasteiger partial charge in [-0.1, -0.05) is 52.8 Å². The molecule has 0 amide bonds. The lowest BCUT2D eigenvalue weighted by Gasteiger charge is -2.38. The number of azo groups is 1. The average molecular weight is 383 g/mol. The Kier molecular flexibility index (Phi) is 2.97. The van der Waals surface area contributed by atoms with Crippen LogP contribution in [0.5, 0.6) is 0 Å². The van der Waals surface area contributed by atoms with E-state index in [9.17, 15) is 0 Å². The van der Waals surface area contributed by atoms with Gasteiger partial charge < -0.3 is 4.52 Å². The minimum Gasteiger partial charge on any atom is -0.334 e. The third-order valence-corrected chi connectivity index (χ3v) is 6.74.